The minimum Gasteiger partial charge on any atom is -0.481 e. The lowest BCUT2D eigenvalue weighted by Gasteiger charge is -2.08. The van der Waals surface area contributed by atoms with E-state index in [1.54, 1.807) is 32.2 Å². The number of nitrogens with zero attached hydrogens (tertiary/aromatic N) is 2. The molecule has 0 bridgehead atoms. The quantitative estimate of drug-likeness (QED) is 0.902. The third-order valence-corrected chi connectivity index (χ3v) is 4.58. The van der Waals surface area contributed by atoms with E-state index >= 15 is 0 Å². The van der Waals surface area contributed by atoms with E-state index in [4.69, 9.17) is 0 Å². The maximum absolute atomic E-state index is 12.4. The number of nitrogens with one attached hydrogen (secondary N) is 1. The Morgan fingerprint density at radius 2 is 1.96 bits per heavy atom. The van der Waals surface area contributed by atoms with Crippen LogP contribution in [0.5, 0.6) is 0 Å². The summed E-state index contributed by atoms with van der Waals surface area (Å²) in [5.74, 6) is -1.66. The number of hydrogen-bond donors (Lipinski definition) is 2. The molecule has 0 unspecified atom stereocenters. The van der Waals surface area contributed by atoms with E-state index in [9.17, 15) is 14.7 Å². The minimum absolute atomic E-state index is 0.261. The van der Waals surface area contributed by atoms with Crippen LogP contribution >= 0.6 is 0 Å². The second-order valence-electron chi connectivity index (χ2n) is 6.67. The van der Waals surface area contributed by atoms with Crippen LogP contribution < -0.4 is 5.32 Å². The highest BCUT2D eigenvalue weighted by Crippen LogP contribution is 2.58. The average molecular weight is 325 g/mol. The van der Waals surface area contributed by atoms with E-state index in [1.165, 1.54) is 0 Å². The number of aliphatic carboxylic acids is 1. The molecule has 2 N–H and O–H groups in total. The van der Waals surface area contributed by atoms with Gasteiger partial charge in [0.2, 0.25) is 5.91 Å². The summed E-state index contributed by atoms with van der Waals surface area (Å²) in [6.07, 6.45) is 1.69. The molecule has 1 aromatic carbocycles. The lowest BCUT2D eigenvalue weighted by molar-refractivity contribution is -0.140. The molecule has 0 spiro atoms. The third kappa shape index (κ3) is 2.87. The van der Waals surface area contributed by atoms with Gasteiger partial charge in [0.15, 0.2) is 0 Å². The standard InChI is InChI=1S/C18H19N3O3/c1-10-19-8-7-13(20-10)11-5-4-6-12(9-11)21-16(22)14-15(17(23)24)18(14,2)3/h4-9,14-15H,1-3H3,(H,21,22)(H,23,24)/t14-,15+/m0/s1. The van der Waals surface area contributed by atoms with Crippen molar-refractivity contribution in [3.05, 3.63) is 42.4 Å². The predicted octanol–water partition coefficient (Wildman–Crippen LogP) is 2.75. The highest BCUT2D eigenvalue weighted by molar-refractivity contribution is 6.00. The van der Waals surface area contributed by atoms with Crippen LogP contribution in [0.4, 0.5) is 5.69 Å². The molecule has 24 heavy (non-hydrogen) atoms. The van der Waals surface area contributed by atoms with Gasteiger partial charge < -0.3 is 10.4 Å². The van der Waals surface area contributed by atoms with E-state index in [1.807, 2.05) is 25.1 Å². The van der Waals surface area contributed by atoms with Crippen molar-refractivity contribution < 1.29 is 14.7 Å². The molecule has 6 nitrogen and oxygen atoms in total. The van der Waals surface area contributed by atoms with Crippen molar-refractivity contribution in [2.24, 2.45) is 17.3 Å². The highest BCUT2D eigenvalue weighted by atomic mass is 16.4. The zero-order chi connectivity index (χ0) is 17.5. The van der Waals surface area contributed by atoms with Crippen molar-refractivity contribution >= 4 is 17.6 Å². The first kappa shape index (κ1) is 16.1. The molecular formula is C18H19N3O3. The van der Waals surface area contributed by atoms with Gasteiger partial charge in [-0.1, -0.05) is 26.0 Å². The van der Waals surface area contributed by atoms with Gasteiger partial charge in [0.05, 0.1) is 17.5 Å². The molecule has 1 aliphatic carbocycles. The summed E-state index contributed by atoms with van der Waals surface area (Å²) in [6, 6.07) is 9.14. The fraction of sp³-hybridized carbons (Fsp3) is 0.333. The number of carboxylic acid groups (broad SMARTS) is 1. The normalized spacial score (nSPS) is 21.1. The second-order valence-corrected chi connectivity index (χ2v) is 6.67. The van der Waals surface area contributed by atoms with Gasteiger partial charge in [-0.3, -0.25) is 9.59 Å². The van der Waals surface area contributed by atoms with Gasteiger partial charge in [0.25, 0.3) is 0 Å². The summed E-state index contributed by atoms with van der Waals surface area (Å²) in [5, 5.41) is 12.0. The highest BCUT2D eigenvalue weighted by Gasteiger charge is 2.65. The Hall–Kier alpha value is -2.76. The maximum Gasteiger partial charge on any atom is 0.307 e. The van der Waals surface area contributed by atoms with E-state index < -0.39 is 23.2 Å². The topological polar surface area (TPSA) is 92.2 Å². The van der Waals surface area contributed by atoms with Crippen LogP contribution in [0, 0.1) is 24.2 Å². The second kappa shape index (κ2) is 5.70. The molecule has 3 rings (SSSR count). The molecular weight excluding hydrogens is 306 g/mol. The van der Waals surface area contributed by atoms with Gasteiger partial charge in [-0.05, 0) is 30.5 Å². The van der Waals surface area contributed by atoms with Gasteiger partial charge in [-0.25, -0.2) is 9.97 Å². The number of carbonyl (C=O) groups is 2. The van der Waals surface area contributed by atoms with Crippen molar-refractivity contribution in [1.82, 2.24) is 9.97 Å². The summed E-state index contributed by atoms with van der Waals surface area (Å²) in [7, 11) is 0. The summed E-state index contributed by atoms with van der Waals surface area (Å²) in [5.41, 5.74) is 1.75. The Morgan fingerprint density at radius 3 is 2.58 bits per heavy atom. The molecule has 1 aromatic heterocycles. The van der Waals surface area contributed by atoms with Crippen LogP contribution in [0.25, 0.3) is 11.3 Å². The van der Waals surface area contributed by atoms with Crippen molar-refractivity contribution in [3.63, 3.8) is 0 Å². The van der Waals surface area contributed by atoms with E-state index in [2.05, 4.69) is 15.3 Å². The Bertz CT molecular complexity index is 817. The van der Waals surface area contributed by atoms with Crippen LogP contribution in [0.3, 0.4) is 0 Å². The zero-order valence-corrected chi connectivity index (χ0v) is 13.8. The van der Waals surface area contributed by atoms with Crippen molar-refractivity contribution in [2.45, 2.75) is 20.8 Å². The first-order chi connectivity index (χ1) is 11.3. The molecule has 2 aromatic rings. The smallest absolute Gasteiger partial charge is 0.307 e. The summed E-state index contributed by atoms with van der Waals surface area (Å²) in [6.45, 7) is 5.42. The lowest BCUT2D eigenvalue weighted by atomic mass is 10.1. The molecule has 0 radical (unpaired) electrons. The van der Waals surface area contributed by atoms with E-state index in [0.717, 1.165) is 11.3 Å². The molecule has 0 aliphatic heterocycles. The summed E-state index contributed by atoms with van der Waals surface area (Å²) < 4.78 is 0. The van der Waals surface area contributed by atoms with E-state index in [-0.39, 0.29) is 5.91 Å². The number of aryl methyl sites for hydroxylation is 1. The number of hydrogen-bond acceptors (Lipinski definition) is 4. The van der Waals surface area contributed by atoms with Crippen LogP contribution in [0.1, 0.15) is 19.7 Å². The molecule has 1 heterocycles. The van der Waals surface area contributed by atoms with Gasteiger partial charge >= 0.3 is 5.97 Å². The van der Waals surface area contributed by atoms with Gasteiger partial charge in [-0.2, -0.15) is 0 Å². The molecule has 0 saturated heterocycles. The van der Waals surface area contributed by atoms with Gasteiger partial charge in [0.1, 0.15) is 5.82 Å². The van der Waals surface area contributed by atoms with Crippen molar-refractivity contribution in [2.75, 3.05) is 5.32 Å². The molecule has 1 aliphatic rings. The Balaban J connectivity index is 1.79. The van der Waals surface area contributed by atoms with E-state index in [0.29, 0.717) is 11.5 Å². The molecule has 6 heteroatoms. The molecule has 1 fully saturated rings. The summed E-state index contributed by atoms with van der Waals surface area (Å²) >= 11 is 0. The van der Waals surface area contributed by atoms with Crippen LogP contribution in [0.2, 0.25) is 0 Å². The molecule has 124 valence electrons. The largest absolute Gasteiger partial charge is 0.481 e. The summed E-state index contributed by atoms with van der Waals surface area (Å²) in [4.78, 5) is 32.1. The first-order valence-corrected chi connectivity index (χ1v) is 7.74. The Morgan fingerprint density at radius 1 is 1.21 bits per heavy atom. The van der Waals surface area contributed by atoms with Gasteiger partial charge in [0, 0.05) is 17.4 Å². The Kier molecular flexibility index (Phi) is 3.83. The number of carbonyl (C=O) groups excluding carboxylic acids is 1. The molecule has 1 saturated carbocycles. The Labute approximate surface area is 140 Å². The third-order valence-electron chi connectivity index (χ3n) is 4.58. The lowest BCUT2D eigenvalue weighted by Crippen LogP contribution is -2.17. The number of benzene rings is 1. The van der Waals surface area contributed by atoms with Crippen molar-refractivity contribution in [1.29, 1.82) is 0 Å². The fourth-order valence-electron chi connectivity index (χ4n) is 3.18. The number of carboxylic acids is 1. The predicted molar refractivity (Wildman–Crippen MR) is 89.2 cm³/mol. The monoisotopic (exact) mass is 325 g/mol. The first-order valence-electron chi connectivity index (χ1n) is 7.74. The number of amides is 1. The van der Waals surface area contributed by atoms with Gasteiger partial charge in [-0.15, -0.1) is 0 Å². The van der Waals surface area contributed by atoms with Crippen LogP contribution in [0.15, 0.2) is 36.5 Å². The molecule has 1 amide bonds. The van der Waals surface area contributed by atoms with Crippen molar-refractivity contribution in [3.8, 4) is 11.3 Å². The average Bonchev–Trinajstić information content (AvgIpc) is 3.11. The maximum atomic E-state index is 12.4. The minimum atomic E-state index is -0.926. The fourth-order valence-corrected chi connectivity index (χ4v) is 3.18. The number of rotatable bonds is 4. The van der Waals surface area contributed by atoms with Crippen LogP contribution in [-0.4, -0.2) is 27.0 Å². The SMILES string of the molecule is Cc1nccc(-c2cccc(NC(=O)[C@@H]3[C@H](C(=O)O)C3(C)C)c2)n1. The number of anilines is 1. The number of aromatic nitrogens is 2. The molecule has 2 atom stereocenters. The zero-order valence-electron chi connectivity index (χ0n) is 13.8. The van der Waals surface area contributed by atoms with Crippen LogP contribution in [-0.2, 0) is 9.59 Å².